The average Bonchev–Trinajstić information content (AvgIpc) is 3.35. The molecule has 1 aliphatic heterocycles. The molecule has 5 heteroatoms. The molecular weight excluding hydrogens is 310 g/mol. The van der Waals surface area contributed by atoms with Crippen molar-refractivity contribution in [2.24, 2.45) is 0 Å². The van der Waals surface area contributed by atoms with Gasteiger partial charge in [-0.15, -0.1) is 0 Å². The number of pyridine rings is 1. The van der Waals surface area contributed by atoms with Crippen LogP contribution in [0.1, 0.15) is 43.4 Å². The Balaban J connectivity index is 1.41. The van der Waals surface area contributed by atoms with Crippen LogP contribution in [0.15, 0.2) is 24.5 Å². The van der Waals surface area contributed by atoms with Gasteiger partial charge in [0.15, 0.2) is 5.82 Å². The maximum atomic E-state index is 5.00. The lowest BCUT2D eigenvalue weighted by molar-refractivity contribution is 0.411. The fourth-order valence-electron chi connectivity index (χ4n) is 4.15. The van der Waals surface area contributed by atoms with Crippen LogP contribution in [0.3, 0.4) is 0 Å². The molecule has 1 saturated heterocycles. The molecule has 25 heavy (non-hydrogen) atoms. The van der Waals surface area contributed by atoms with E-state index in [0.29, 0.717) is 6.04 Å². The topological polar surface area (TPSA) is 53.9 Å². The Labute approximate surface area is 148 Å². The molecule has 0 amide bonds. The molecule has 0 aromatic carbocycles. The summed E-state index contributed by atoms with van der Waals surface area (Å²) >= 11 is 0. The summed E-state index contributed by atoms with van der Waals surface area (Å²) in [5, 5.41) is 3.79. The van der Waals surface area contributed by atoms with E-state index in [0.717, 1.165) is 43.4 Å². The number of hydrogen-bond donors (Lipinski definition) is 1. The number of aromatic nitrogens is 3. The molecule has 2 aromatic heterocycles. The van der Waals surface area contributed by atoms with Crippen molar-refractivity contribution in [2.75, 3.05) is 18.0 Å². The third kappa shape index (κ3) is 3.13. The molecule has 3 heterocycles. The van der Waals surface area contributed by atoms with Crippen LogP contribution in [0.2, 0.25) is 0 Å². The van der Waals surface area contributed by atoms with E-state index in [1.807, 2.05) is 24.5 Å². The molecule has 5 rings (SSSR count). The molecule has 130 valence electrons. The van der Waals surface area contributed by atoms with Crippen LogP contribution in [-0.2, 0) is 12.8 Å². The van der Waals surface area contributed by atoms with Crippen molar-refractivity contribution in [3.8, 4) is 11.4 Å². The van der Waals surface area contributed by atoms with Crippen molar-refractivity contribution in [1.82, 2.24) is 20.3 Å². The van der Waals surface area contributed by atoms with Crippen LogP contribution < -0.4 is 10.2 Å². The highest BCUT2D eigenvalue weighted by Gasteiger charge is 2.29. The number of anilines is 1. The Morgan fingerprint density at radius 1 is 0.920 bits per heavy atom. The van der Waals surface area contributed by atoms with Gasteiger partial charge in [0.2, 0.25) is 0 Å². The Morgan fingerprint density at radius 2 is 1.68 bits per heavy atom. The van der Waals surface area contributed by atoms with Gasteiger partial charge in [-0.05, 0) is 57.1 Å². The van der Waals surface area contributed by atoms with Crippen molar-refractivity contribution in [1.29, 1.82) is 0 Å². The lowest BCUT2D eigenvalue weighted by Crippen LogP contribution is -2.44. The highest BCUT2D eigenvalue weighted by molar-refractivity contribution is 5.61. The SMILES string of the molecule is c1cc(-c2nc3c(c(N4CCC(NC5CC5)CC4)n2)CCC3)ccn1. The lowest BCUT2D eigenvalue weighted by atomic mass is 10.0. The van der Waals surface area contributed by atoms with Crippen molar-refractivity contribution in [3.63, 3.8) is 0 Å². The summed E-state index contributed by atoms with van der Waals surface area (Å²) in [5.74, 6) is 2.05. The van der Waals surface area contributed by atoms with Crippen LogP contribution >= 0.6 is 0 Å². The molecule has 2 aliphatic carbocycles. The first-order valence-electron chi connectivity index (χ1n) is 9.68. The normalized spacial score (nSPS) is 20.7. The first-order chi connectivity index (χ1) is 12.4. The van der Waals surface area contributed by atoms with E-state index in [1.165, 1.54) is 49.2 Å². The summed E-state index contributed by atoms with van der Waals surface area (Å²) in [7, 11) is 0. The number of piperidine rings is 1. The number of nitrogens with one attached hydrogen (secondary N) is 1. The van der Waals surface area contributed by atoms with E-state index >= 15 is 0 Å². The average molecular weight is 335 g/mol. The molecule has 0 unspecified atom stereocenters. The van der Waals surface area contributed by atoms with Gasteiger partial charge in [-0.2, -0.15) is 0 Å². The van der Waals surface area contributed by atoms with Crippen LogP contribution in [0.25, 0.3) is 11.4 Å². The number of rotatable bonds is 4. The van der Waals surface area contributed by atoms with Gasteiger partial charge in [-0.25, -0.2) is 9.97 Å². The molecule has 1 N–H and O–H groups in total. The van der Waals surface area contributed by atoms with E-state index in [4.69, 9.17) is 9.97 Å². The second kappa shape index (κ2) is 6.37. The van der Waals surface area contributed by atoms with E-state index in [-0.39, 0.29) is 0 Å². The third-order valence-electron chi connectivity index (χ3n) is 5.69. The third-order valence-corrected chi connectivity index (χ3v) is 5.69. The highest BCUT2D eigenvalue weighted by atomic mass is 15.2. The summed E-state index contributed by atoms with van der Waals surface area (Å²) in [4.78, 5) is 16.5. The minimum absolute atomic E-state index is 0.693. The molecule has 2 fully saturated rings. The molecule has 2 aromatic rings. The summed E-state index contributed by atoms with van der Waals surface area (Å²) in [5.41, 5.74) is 3.72. The maximum Gasteiger partial charge on any atom is 0.161 e. The number of nitrogens with zero attached hydrogens (tertiary/aromatic N) is 4. The summed E-state index contributed by atoms with van der Waals surface area (Å²) in [6, 6.07) is 5.51. The Bertz CT molecular complexity index is 748. The van der Waals surface area contributed by atoms with Gasteiger partial charge < -0.3 is 10.2 Å². The predicted molar refractivity (Wildman–Crippen MR) is 98.7 cm³/mol. The zero-order chi connectivity index (χ0) is 16.6. The van der Waals surface area contributed by atoms with Crippen LogP contribution in [0.4, 0.5) is 5.82 Å². The molecule has 5 nitrogen and oxygen atoms in total. The van der Waals surface area contributed by atoms with Gasteiger partial charge in [0.05, 0.1) is 0 Å². The van der Waals surface area contributed by atoms with E-state index in [9.17, 15) is 0 Å². The van der Waals surface area contributed by atoms with Crippen LogP contribution in [0.5, 0.6) is 0 Å². The lowest BCUT2D eigenvalue weighted by Gasteiger charge is -2.34. The summed E-state index contributed by atoms with van der Waals surface area (Å²) < 4.78 is 0. The Hall–Kier alpha value is -2.01. The second-order valence-electron chi connectivity index (χ2n) is 7.59. The van der Waals surface area contributed by atoms with Gasteiger partial charge in [0.25, 0.3) is 0 Å². The fraction of sp³-hybridized carbons (Fsp3) is 0.550. The molecular formula is C20H25N5. The van der Waals surface area contributed by atoms with Gasteiger partial charge >= 0.3 is 0 Å². The van der Waals surface area contributed by atoms with Gasteiger partial charge in [-0.1, -0.05) is 0 Å². The van der Waals surface area contributed by atoms with Crippen LogP contribution in [0, 0.1) is 0 Å². The van der Waals surface area contributed by atoms with Crippen LogP contribution in [-0.4, -0.2) is 40.1 Å². The summed E-state index contributed by atoms with van der Waals surface area (Å²) in [6.07, 6.45) is 12.2. The van der Waals surface area contributed by atoms with Crippen molar-refractivity contribution in [3.05, 3.63) is 35.8 Å². The first kappa shape index (κ1) is 15.3. The standard InChI is InChI=1S/C20H25N5/c1-2-17-18(3-1)23-19(14-6-10-21-11-7-14)24-20(17)25-12-8-16(9-13-25)22-15-4-5-15/h6-7,10-11,15-16,22H,1-5,8-9,12-13H2. The minimum Gasteiger partial charge on any atom is -0.356 e. The zero-order valence-electron chi connectivity index (χ0n) is 14.6. The minimum atomic E-state index is 0.693. The molecule has 3 aliphatic rings. The second-order valence-corrected chi connectivity index (χ2v) is 7.59. The Morgan fingerprint density at radius 3 is 2.44 bits per heavy atom. The Kier molecular flexibility index (Phi) is 3.89. The van der Waals surface area contributed by atoms with E-state index in [2.05, 4.69) is 15.2 Å². The molecule has 1 saturated carbocycles. The van der Waals surface area contributed by atoms with Gasteiger partial charge in [0.1, 0.15) is 5.82 Å². The largest absolute Gasteiger partial charge is 0.356 e. The van der Waals surface area contributed by atoms with E-state index < -0.39 is 0 Å². The molecule has 0 radical (unpaired) electrons. The number of fused-ring (bicyclic) bond motifs is 1. The van der Waals surface area contributed by atoms with Crippen molar-refractivity contribution >= 4 is 5.82 Å². The molecule has 0 spiro atoms. The number of aryl methyl sites for hydroxylation is 1. The quantitative estimate of drug-likeness (QED) is 0.931. The predicted octanol–water partition coefficient (Wildman–Crippen LogP) is 2.75. The smallest absolute Gasteiger partial charge is 0.161 e. The zero-order valence-corrected chi connectivity index (χ0v) is 14.6. The van der Waals surface area contributed by atoms with Crippen molar-refractivity contribution in [2.45, 2.75) is 57.0 Å². The van der Waals surface area contributed by atoms with Gasteiger partial charge in [0, 0.05) is 54.4 Å². The highest BCUT2D eigenvalue weighted by Crippen LogP contribution is 2.33. The van der Waals surface area contributed by atoms with Gasteiger partial charge in [-0.3, -0.25) is 4.98 Å². The first-order valence-corrected chi connectivity index (χ1v) is 9.68. The van der Waals surface area contributed by atoms with Crippen molar-refractivity contribution < 1.29 is 0 Å². The number of hydrogen-bond acceptors (Lipinski definition) is 5. The maximum absolute atomic E-state index is 5.00. The fourth-order valence-corrected chi connectivity index (χ4v) is 4.15. The molecule has 0 bridgehead atoms. The molecule has 0 atom stereocenters. The van der Waals surface area contributed by atoms with E-state index in [1.54, 1.807) is 0 Å². The monoisotopic (exact) mass is 335 g/mol. The summed E-state index contributed by atoms with van der Waals surface area (Å²) in [6.45, 7) is 2.20.